The maximum absolute atomic E-state index is 10.7. The molecule has 2 nitrogen and oxygen atoms in total. The molecule has 0 unspecified atom stereocenters. The average molecular weight is 250 g/mol. The molecule has 0 saturated heterocycles. The number of allylic oxidation sites excluding steroid dienone is 1. The molecule has 1 aromatic carbocycles. The van der Waals surface area contributed by atoms with Crippen molar-refractivity contribution in [3.63, 3.8) is 0 Å². The monoisotopic (exact) mass is 250 g/mol. The molecule has 0 fully saturated rings. The van der Waals surface area contributed by atoms with E-state index >= 15 is 0 Å². The molecule has 0 saturated carbocycles. The van der Waals surface area contributed by atoms with Crippen molar-refractivity contribution in [2.45, 2.75) is 20.3 Å². The minimum absolute atomic E-state index is 0.177. The second-order valence-electron chi connectivity index (χ2n) is 3.75. The van der Waals surface area contributed by atoms with Crippen molar-refractivity contribution in [1.82, 2.24) is 0 Å². The van der Waals surface area contributed by atoms with E-state index in [1.165, 1.54) is 17.3 Å². The largest absolute Gasteiger partial charge is 0.497 e. The first-order valence-electron chi connectivity index (χ1n) is 5.58. The Bertz CT molecular complexity index is 411. The molecular weight excluding hydrogens is 232 g/mol. The molecule has 0 aliphatic rings. The zero-order valence-corrected chi connectivity index (χ0v) is 11.3. The smallest absolute Gasteiger partial charge is 0.185 e. The van der Waals surface area contributed by atoms with E-state index in [0.717, 1.165) is 23.5 Å². The van der Waals surface area contributed by atoms with Gasteiger partial charge in [-0.1, -0.05) is 30.0 Å². The molecule has 0 N–H and O–H groups in total. The summed E-state index contributed by atoms with van der Waals surface area (Å²) in [4.78, 5) is 10.7. The van der Waals surface area contributed by atoms with Crippen molar-refractivity contribution >= 4 is 23.0 Å². The van der Waals surface area contributed by atoms with Crippen LogP contribution >= 0.6 is 11.8 Å². The van der Waals surface area contributed by atoms with Gasteiger partial charge in [-0.05, 0) is 36.6 Å². The van der Waals surface area contributed by atoms with Gasteiger partial charge in [0.2, 0.25) is 0 Å². The summed E-state index contributed by atoms with van der Waals surface area (Å²) in [6.45, 7) is 3.67. The fraction of sp³-hybridized carbons (Fsp3) is 0.357. The zero-order valence-electron chi connectivity index (χ0n) is 10.5. The Labute approximate surface area is 107 Å². The van der Waals surface area contributed by atoms with Gasteiger partial charge >= 0.3 is 0 Å². The molecule has 1 aromatic rings. The second kappa shape index (κ2) is 7.17. The molecule has 0 bridgehead atoms. The van der Waals surface area contributed by atoms with E-state index in [9.17, 15) is 4.79 Å². The van der Waals surface area contributed by atoms with Gasteiger partial charge in [0, 0.05) is 12.7 Å². The van der Waals surface area contributed by atoms with Crippen molar-refractivity contribution in [1.29, 1.82) is 0 Å². The lowest BCUT2D eigenvalue weighted by Gasteiger charge is -2.04. The van der Waals surface area contributed by atoms with Crippen LogP contribution in [0.15, 0.2) is 24.3 Å². The number of hydrogen-bond donors (Lipinski definition) is 0. The standard InChI is InChI=1S/C14H18O2S/c1-11-7-8-14(16-3)10-13(11)6-4-5-9-17-12(2)15/h4,6-8,10H,5,9H2,1-3H3. The minimum Gasteiger partial charge on any atom is -0.497 e. The van der Waals surface area contributed by atoms with E-state index < -0.39 is 0 Å². The van der Waals surface area contributed by atoms with E-state index in [4.69, 9.17) is 4.74 Å². The van der Waals surface area contributed by atoms with Gasteiger partial charge in [-0.15, -0.1) is 0 Å². The number of benzene rings is 1. The number of rotatable bonds is 5. The third-order valence-electron chi connectivity index (χ3n) is 2.37. The van der Waals surface area contributed by atoms with Crippen molar-refractivity contribution in [3.05, 3.63) is 35.4 Å². The van der Waals surface area contributed by atoms with Gasteiger partial charge in [0.15, 0.2) is 5.12 Å². The second-order valence-corrected chi connectivity index (χ2v) is 5.03. The maximum Gasteiger partial charge on any atom is 0.185 e. The van der Waals surface area contributed by atoms with Crippen LogP contribution in [0.2, 0.25) is 0 Å². The molecule has 0 aromatic heterocycles. The predicted molar refractivity (Wildman–Crippen MR) is 74.5 cm³/mol. The lowest BCUT2D eigenvalue weighted by atomic mass is 10.1. The Hall–Kier alpha value is -1.22. The highest BCUT2D eigenvalue weighted by Gasteiger charge is 1.97. The highest BCUT2D eigenvalue weighted by atomic mass is 32.2. The number of methoxy groups -OCH3 is 1. The summed E-state index contributed by atoms with van der Waals surface area (Å²) in [7, 11) is 1.67. The summed E-state index contributed by atoms with van der Waals surface area (Å²) < 4.78 is 5.19. The molecule has 0 atom stereocenters. The molecule has 1 rings (SSSR count). The molecule has 0 radical (unpaired) electrons. The summed E-state index contributed by atoms with van der Waals surface area (Å²) in [6, 6.07) is 6.02. The van der Waals surface area contributed by atoms with Gasteiger partial charge in [0.25, 0.3) is 0 Å². The van der Waals surface area contributed by atoms with E-state index in [0.29, 0.717) is 0 Å². The van der Waals surface area contributed by atoms with E-state index in [1.54, 1.807) is 14.0 Å². The van der Waals surface area contributed by atoms with Crippen LogP contribution in [0.3, 0.4) is 0 Å². The van der Waals surface area contributed by atoms with Gasteiger partial charge in [0.05, 0.1) is 7.11 Å². The Morgan fingerprint density at radius 2 is 2.24 bits per heavy atom. The molecule has 0 amide bonds. The first-order chi connectivity index (χ1) is 8.13. The van der Waals surface area contributed by atoms with Crippen LogP contribution in [0.1, 0.15) is 24.5 Å². The summed E-state index contributed by atoms with van der Waals surface area (Å²) >= 11 is 1.36. The third kappa shape index (κ3) is 5.09. The fourth-order valence-corrected chi connectivity index (χ4v) is 1.95. The van der Waals surface area contributed by atoms with Gasteiger partial charge in [-0.25, -0.2) is 0 Å². The van der Waals surface area contributed by atoms with Gasteiger partial charge in [0.1, 0.15) is 5.75 Å². The molecule has 0 spiro atoms. The average Bonchev–Trinajstić information content (AvgIpc) is 2.30. The Balaban J connectivity index is 2.55. The van der Waals surface area contributed by atoms with E-state index in [-0.39, 0.29) is 5.12 Å². The molecule has 92 valence electrons. The summed E-state index contributed by atoms with van der Waals surface area (Å²) in [6.07, 6.45) is 5.08. The van der Waals surface area contributed by atoms with Crippen molar-refractivity contribution in [2.24, 2.45) is 0 Å². The first-order valence-corrected chi connectivity index (χ1v) is 6.56. The number of hydrogen-bond acceptors (Lipinski definition) is 3. The molecule has 3 heteroatoms. The Kier molecular flexibility index (Phi) is 5.84. The molecule has 17 heavy (non-hydrogen) atoms. The SMILES string of the molecule is COc1ccc(C)c(C=CCCSC(C)=O)c1. The predicted octanol–water partition coefficient (Wildman–Crippen LogP) is 3.69. The fourth-order valence-electron chi connectivity index (χ4n) is 1.41. The molecule has 0 aliphatic carbocycles. The van der Waals surface area contributed by atoms with Crippen molar-refractivity contribution in [3.8, 4) is 5.75 Å². The molecule has 0 aliphatic heterocycles. The zero-order chi connectivity index (χ0) is 12.7. The summed E-state index contributed by atoms with van der Waals surface area (Å²) in [5, 5.41) is 0.177. The van der Waals surface area contributed by atoms with Crippen LogP contribution in [-0.4, -0.2) is 18.0 Å². The topological polar surface area (TPSA) is 26.3 Å². The van der Waals surface area contributed by atoms with Crippen molar-refractivity contribution < 1.29 is 9.53 Å². The van der Waals surface area contributed by atoms with Crippen molar-refractivity contribution in [2.75, 3.05) is 12.9 Å². The van der Waals surface area contributed by atoms with E-state index in [2.05, 4.69) is 19.1 Å². The normalized spacial score (nSPS) is 10.8. The lowest BCUT2D eigenvalue weighted by Crippen LogP contribution is -1.86. The number of carbonyl (C=O) groups excluding carboxylic acids is 1. The highest BCUT2D eigenvalue weighted by Crippen LogP contribution is 2.18. The van der Waals surface area contributed by atoms with Gasteiger partial charge in [-0.3, -0.25) is 4.79 Å². The summed E-state index contributed by atoms with van der Waals surface area (Å²) in [5.41, 5.74) is 2.39. The first kappa shape index (κ1) is 13.8. The maximum atomic E-state index is 10.7. The minimum atomic E-state index is 0.177. The van der Waals surface area contributed by atoms with Crippen LogP contribution in [0.5, 0.6) is 5.75 Å². The summed E-state index contributed by atoms with van der Waals surface area (Å²) in [5.74, 6) is 1.71. The Morgan fingerprint density at radius 3 is 2.88 bits per heavy atom. The van der Waals surface area contributed by atoms with Gasteiger partial charge < -0.3 is 4.74 Å². The number of aryl methyl sites for hydroxylation is 1. The third-order valence-corrected chi connectivity index (χ3v) is 3.22. The van der Waals surface area contributed by atoms with E-state index in [1.807, 2.05) is 18.2 Å². The quantitative estimate of drug-likeness (QED) is 0.746. The van der Waals surface area contributed by atoms with Crippen LogP contribution < -0.4 is 4.74 Å². The highest BCUT2D eigenvalue weighted by molar-refractivity contribution is 8.13. The molecular formula is C14H18O2S. The van der Waals surface area contributed by atoms with Crippen LogP contribution in [0.4, 0.5) is 0 Å². The number of thioether (sulfide) groups is 1. The lowest BCUT2D eigenvalue weighted by molar-refractivity contribution is -0.109. The number of ether oxygens (including phenoxy) is 1. The van der Waals surface area contributed by atoms with Crippen LogP contribution in [-0.2, 0) is 4.79 Å². The Morgan fingerprint density at radius 1 is 1.47 bits per heavy atom. The van der Waals surface area contributed by atoms with Gasteiger partial charge in [-0.2, -0.15) is 0 Å². The number of carbonyl (C=O) groups is 1. The van der Waals surface area contributed by atoms with Crippen LogP contribution in [0, 0.1) is 6.92 Å². The van der Waals surface area contributed by atoms with Crippen LogP contribution in [0.25, 0.3) is 6.08 Å². The molecule has 0 heterocycles.